The lowest BCUT2D eigenvalue weighted by Crippen LogP contribution is -2.24. The van der Waals surface area contributed by atoms with Crippen LogP contribution in [0.15, 0.2) is 48.7 Å². The van der Waals surface area contributed by atoms with Gasteiger partial charge in [-0.3, -0.25) is 14.9 Å². The molecule has 4 rings (SSSR count). The van der Waals surface area contributed by atoms with E-state index >= 15 is 0 Å². The number of nitrogens with one attached hydrogen (secondary N) is 2. The number of nitrogens with two attached hydrogens (primary N) is 1. The Balaban J connectivity index is 1.43. The molecule has 0 aliphatic carbocycles. The summed E-state index contributed by atoms with van der Waals surface area (Å²) in [4.78, 5) is 26.0. The van der Waals surface area contributed by atoms with E-state index in [0.29, 0.717) is 40.7 Å². The number of carbonyl (C=O) groups excluding carboxylic acids is 1. The molecule has 0 bridgehead atoms. The number of aryl methyl sites for hydroxylation is 1. The van der Waals surface area contributed by atoms with Crippen molar-refractivity contribution in [2.45, 2.75) is 12.8 Å². The first-order chi connectivity index (χ1) is 15.9. The van der Waals surface area contributed by atoms with Gasteiger partial charge >= 0.3 is 0 Å². The van der Waals surface area contributed by atoms with Gasteiger partial charge in [0.1, 0.15) is 23.3 Å². The molecule has 2 heterocycles. The van der Waals surface area contributed by atoms with Crippen molar-refractivity contribution in [3.63, 3.8) is 0 Å². The maximum absolute atomic E-state index is 13.2. The van der Waals surface area contributed by atoms with Crippen molar-refractivity contribution in [1.82, 2.24) is 20.1 Å². The number of fused-ring (bicyclic) bond motifs is 1. The van der Waals surface area contributed by atoms with E-state index in [0.717, 1.165) is 0 Å². The maximum atomic E-state index is 13.2. The van der Waals surface area contributed by atoms with Crippen molar-refractivity contribution in [3.05, 3.63) is 81.4 Å². The summed E-state index contributed by atoms with van der Waals surface area (Å²) in [6.45, 7) is 0.286. The number of amides is 1. The van der Waals surface area contributed by atoms with E-state index in [1.54, 1.807) is 6.07 Å². The van der Waals surface area contributed by atoms with Gasteiger partial charge < -0.3 is 16.0 Å². The highest BCUT2D eigenvalue weighted by Gasteiger charge is 2.18. The third kappa shape index (κ3) is 4.22. The highest BCUT2D eigenvalue weighted by atomic mass is 19.1. The Morgan fingerprint density at radius 1 is 1.30 bits per heavy atom. The van der Waals surface area contributed by atoms with Gasteiger partial charge in [-0.1, -0.05) is 0 Å². The predicted octanol–water partition coefficient (Wildman–Crippen LogP) is 3.22. The molecule has 4 N–H and O–H groups in total. The number of carbonyl (C=O) groups is 1. The van der Waals surface area contributed by atoms with Crippen LogP contribution in [0.3, 0.4) is 0 Å². The molecule has 166 valence electrons. The first-order valence-electron chi connectivity index (χ1n) is 9.96. The number of nitriles is 1. The molecule has 0 spiro atoms. The van der Waals surface area contributed by atoms with E-state index in [4.69, 9.17) is 5.73 Å². The Morgan fingerprint density at radius 3 is 2.76 bits per heavy atom. The van der Waals surface area contributed by atoms with Gasteiger partial charge in [-0.05, 0) is 43.2 Å². The number of rotatable bonds is 7. The summed E-state index contributed by atoms with van der Waals surface area (Å²) in [5, 5.41) is 28.1. The summed E-state index contributed by atoms with van der Waals surface area (Å²) in [6.07, 6.45) is 2.35. The average molecular weight is 447 g/mol. The van der Waals surface area contributed by atoms with E-state index in [9.17, 15) is 24.6 Å². The number of non-ortho nitro benzene ring substituents is 1. The van der Waals surface area contributed by atoms with Gasteiger partial charge in [0.25, 0.3) is 11.6 Å². The summed E-state index contributed by atoms with van der Waals surface area (Å²) in [5.74, 6) is -0.618. The quantitative estimate of drug-likeness (QED) is 0.224. The largest absolute Gasteiger partial charge is 0.382 e. The van der Waals surface area contributed by atoms with Crippen molar-refractivity contribution < 1.29 is 14.1 Å². The smallest absolute Gasteiger partial charge is 0.270 e. The number of nitro groups is 1. The molecule has 0 atom stereocenters. The molecule has 0 unspecified atom stereocenters. The third-order valence-corrected chi connectivity index (χ3v) is 5.17. The molecule has 1 amide bonds. The predicted molar refractivity (Wildman–Crippen MR) is 118 cm³/mol. The zero-order chi connectivity index (χ0) is 23.5. The lowest BCUT2D eigenvalue weighted by Gasteiger charge is -2.04. The molecule has 4 aromatic rings. The van der Waals surface area contributed by atoms with Crippen LogP contribution in [0, 0.1) is 27.3 Å². The normalized spacial score (nSPS) is 10.8. The number of nitro benzene ring substituents is 1. The maximum Gasteiger partial charge on any atom is 0.270 e. The van der Waals surface area contributed by atoms with E-state index in [-0.39, 0.29) is 29.5 Å². The molecule has 2 aromatic heterocycles. The SMILES string of the molecule is N#Cc1c(CCCNC(=O)c2c[nH]c3ccc([N+](=O)[O-])cc23)nn(-c2ccc(F)cc2)c1N. The Labute approximate surface area is 186 Å². The molecule has 0 radical (unpaired) electrons. The van der Waals surface area contributed by atoms with Gasteiger partial charge in [0, 0.05) is 35.8 Å². The van der Waals surface area contributed by atoms with Crippen molar-refractivity contribution in [2.75, 3.05) is 12.3 Å². The van der Waals surface area contributed by atoms with Crippen LogP contribution in [0.5, 0.6) is 0 Å². The standard InChI is InChI=1S/C22H18FN7O3/c23-13-3-5-14(6-4-13)29-21(25)17(11-24)20(28-29)2-1-9-26-22(31)18-12-27-19-8-7-15(30(32)33)10-16(18)19/h3-8,10,12,27H,1-2,9,25H2,(H,26,31). The average Bonchev–Trinajstić information content (AvgIpc) is 3.37. The third-order valence-electron chi connectivity index (χ3n) is 5.17. The van der Waals surface area contributed by atoms with Crippen LogP contribution >= 0.6 is 0 Å². The number of halogens is 1. The first kappa shape index (κ1) is 21.5. The molecule has 0 aliphatic heterocycles. The van der Waals surface area contributed by atoms with E-state index in [2.05, 4.69) is 15.4 Å². The van der Waals surface area contributed by atoms with Gasteiger partial charge in [-0.2, -0.15) is 10.4 Å². The molecule has 33 heavy (non-hydrogen) atoms. The van der Waals surface area contributed by atoms with Crippen LogP contribution in [-0.4, -0.2) is 32.1 Å². The topological polar surface area (TPSA) is 156 Å². The van der Waals surface area contributed by atoms with Crippen molar-refractivity contribution in [3.8, 4) is 11.8 Å². The van der Waals surface area contributed by atoms with Crippen LogP contribution in [0.1, 0.15) is 28.0 Å². The number of H-pyrrole nitrogens is 1. The number of anilines is 1. The fourth-order valence-electron chi connectivity index (χ4n) is 3.52. The minimum absolute atomic E-state index is 0.102. The Hall–Kier alpha value is -4.72. The summed E-state index contributed by atoms with van der Waals surface area (Å²) in [6, 6.07) is 11.9. The van der Waals surface area contributed by atoms with Crippen molar-refractivity contribution in [2.24, 2.45) is 0 Å². The Morgan fingerprint density at radius 2 is 2.06 bits per heavy atom. The molecular formula is C22H18FN7O3. The lowest BCUT2D eigenvalue weighted by molar-refractivity contribution is -0.384. The molecule has 0 aliphatic rings. The molecule has 11 heteroatoms. The van der Waals surface area contributed by atoms with Crippen LogP contribution < -0.4 is 11.1 Å². The number of aromatic amines is 1. The monoisotopic (exact) mass is 447 g/mol. The number of nitrogen functional groups attached to an aromatic ring is 1. The summed E-state index contributed by atoms with van der Waals surface area (Å²) < 4.78 is 14.6. The molecule has 2 aromatic carbocycles. The second-order valence-corrected chi connectivity index (χ2v) is 7.26. The summed E-state index contributed by atoms with van der Waals surface area (Å²) in [5.41, 5.74) is 8.09. The van der Waals surface area contributed by atoms with E-state index in [1.165, 1.54) is 47.3 Å². The highest BCUT2D eigenvalue weighted by Crippen LogP contribution is 2.24. The lowest BCUT2D eigenvalue weighted by atomic mass is 10.1. The van der Waals surface area contributed by atoms with Crippen LogP contribution in [0.25, 0.3) is 16.6 Å². The number of hydrogen-bond donors (Lipinski definition) is 3. The fourth-order valence-corrected chi connectivity index (χ4v) is 3.52. The van der Waals surface area contributed by atoms with Crippen molar-refractivity contribution >= 4 is 28.3 Å². The van der Waals surface area contributed by atoms with Gasteiger partial charge in [-0.25, -0.2) is 9.07 Å². The van der Waals surface area contributed by atoms with E-state index in [1.807, 2.05) is 6.07 Å². The van der Waals surface area contributed by atoms with Gasteiger partial charge in [0.2, 0.25) is 0 Å². The van der Waals surface area contributed by atoms with Gasteiger partial charge in [0.15, 0.2) is 0 Å². The number of benzene rings is 2. The summed E-state index contributed by atoms with van der Waals surface area (Å²) in [7, 11) is 0. The van der Waals surface area contributed by atoms with Gasteiger partial charge in [0.05, 0.1) is 21.9 Å². The number of hydrogen-bond acceptors (Lipinski definition) is 6. The molecule has 0 fully saturated rings. The zero-order valence-electron chi connectivity index (χ0n) is 17.2. The highest BCUT2D eigenvalue weighted by molar-refractivity contribution is 6.07. The number of nitrogens with zero attached hydrogens (tertiary/aromatic N) is 4. The first-order valence-corrected chi connectivity index (χ1v) is 9.96. The molecular weight excluding hydrogens is 429 g/mol. The second kappa shape index (κ2) is 8.80. The Bertz CT molecular complexity index is 1400. The second-order valence-electron chi connectivity index (χ2n) is 7.26. The van der Waals surface area contributed by atoms with Gasteiger partial charge in [-0.15, -0.1) is 0 Å². The minimum Gasteiger partial charge on any atom is -0.382 e. The molecule has 0 saturated heterocycles. The number of aromatic nitrogens is 3. The van der Waals surface area contributed by atoms with Crippen molar-refractivity contribution in [1.29, 1.82) is 5.26 Å². The summed E-state index contributed by atoms with van der Waals surface area (Å²) >= 11 is 0. The van der Waals surface area contributed by atoms with Crippen LogP contribution in [0.2, 0.25) is 0 Å². The zero-order valence-corrected chi connectivity index (χ0v) is 17.2. The van der Waals surface area contributed by atoms with Crippen LogP contribution in [-0.2, 0) is 6.42 Å². The Kier molecular flexibility index (Phi) is 5.73. The molecule has 10 nitrogen and oxygen atoms in total. The minimum atomic E-state index is -0.516. The molecule has 0 saturated carbocycles. The van der Waals surface area contributed by atoms with Crippen LogP contribution in [0.4, 0.5) is 15.9 Å². The fraction of sp³-hybridized carbons (Fsp3) is 0.136. The van der Waals surface area contributed by atoms with E-state index < -0.39 is 10.7 Å².